The first-order valence-electron chi connectivity index (χ1n) is 5.66. The zero-order valence-corrected chi connectivity index (χ0v) is 13.4. The van der Waals surface area contributed by atoms with Gasteiger partial charge in [-0.3, -0.25) is 0 Å². The van der Waals surface area contributed by atoms with Crippen LogP contribution in [0.2, 0.25) is 0 Å². The first-order chi connectivity index (χ1) is 8.60. The van der Waals surface area contributed by atoms with Crippen LogP contribution in [0, 0.1) is 0 Å². The van der Waals surface area contributed by atoms with E-state index in [4.69, 9.17) is 4.74 Å². The predicted octanol–water partition coefficient (Wildman–Crippen LogP) is 4.32. The Bertz CT molecular complexity index is 538. The van der Waals surface area contributed by atoms with Crippen molar-refractivity contribution >= 4 is 31.9 Å². The molecule has 5 heteroatoms. The first kappa shape index (κ1) is 13.6. The van der Waals surface area contributed by atoms with E-state index in [1.54, 1.807) is 6.20 Å². The second-order valence-corrected chi connectivity index (χ2v) is 5.67. The molecule has 0 aliphatic rings. The van der Waals surface area contributed by atoms with Crippen LogP contribution in [0.15, 0.2) is 35.1 Å². The molecule has 96 valence electrons. The van der Waals surface area contributed by atoms with Crippen LogP contribution in [0.5, 0.6) is 5.75 Å². The van der Waals surface area contributed by atoms with Crippen LogP contribution < -0.4 is 4.74 Å². The zero-order chi connectivity index (χ0) is 13.1. The van der Waals surface area contributed by atoms with Crippen molar-refractivity contribution in [2.45, 2.75) is 25.3 Å². The molecule has 0 aliphatic heterocycles. The number of benzene rings is 1. The molecule has 0 amide bonds. The lowest BCUT2D eigenvalue weighted by Crippen LogP contribution is -2.04. The minimum absolute atomic E-state index is 0.156. The molecule has 2 aromatic rings. The van der Waals surface area contributed by atoms with Crippen LogP contribution in [0.25, 0.3) is 5.69 Å². The Morgan fingerprint density at radius 3 is 2.83 bits per heavy atom. The standard InChI is InChI=1S/C13H14Br2N2O/c1-9(2)18-12-7-16-17(8-12)13-4-3-11(15)5-10(13)6-14/h3-5,7-9H,6H2,1-2H3. The first-order valence-corrected chi connectivity index (χ1v) is 7.57. The van der Waals surface area contributed by atoms with Crippen molar-refractivity contribution in [1.82, 2.24) is 9.78 Å². The SMILES string of the molecule is CC(C)Oc1cnn(-c2ccc(Br)cc2CBr)c1. The molecule has 0 radical (unpaired) electrons. The average molecular weight is 374 g/mol. The topological polar surface area (TPSA) is 27.1 Å². The Hall–Kier alpha value is -0.810. The zero-order valence-electron chi connectivity index (χ0n) is 10.2. The molecule has 0 atom stereocenters. The van der Waals surface area contributed by atoms with Gasteiger partial charge >= 0.3 is 0 Å². The number of ether oxygens (including phenoxy) is 1. The molecule has 0 saturated carbocycles. The van der Waals surface area contributed by atoms with E-state index in [1.165, 1.54) is 5.56 Å². The van der Waals surface area contributed by atoms with Crippen molar-refractivity contribution in [2.24, 2.45) is 0 Å². The minimum Gasteiger partial charge on any atom is -0.488 e. The molecular weight excluding hydrogens is 360 g/mol. The van der Waals surface area contributed by atoms with E-state index in [0.717, 1.165) is 21.2 Å². The van der Waals surface area contributed by atoms with Crippen molar-refractivity contribution < 1.29 is 4.74 Å². The molecule has 0 aliphatic carbocycles. The smallest absolute Gasteiger partial charge is 0.158 e. The van der Waals surface area contributed by atoms with Crippen molar-refractivity contribution in [1.29, 1.82) is 0 Å². The van der Waals surface area contributed by atoms with Crippen molar-refractivity contribution in [3.05, 3.63) is 40.6 Å². The molecule has 0 spiro atoms. The lowest BCUT2D eigenvalue weighted by atomic mass is 10.2. The second-order valence-electron chi connectivity index (χ2n) is 4.19. The van der Waals surface area contributed by atoms with Crippen LogP contribution in [0.4, 0.5) is 0 Å². The monoisotopic (exact) mass is 372 g/mol. The summed E-state index contributed by atoms with van der Waals surface area (Å²) < 4.78 is 8.50. The highest BCUT2D eigenvalue weighted by Gasteiger charge is 2.08. The third-order valence-electron chi connectivity index (χ3n) is 2.36. The number of nitrogens with zero attached hydrogens (tertiary/aromatic N) is 2. The van der Waals surface area contributed by atoms with Gasteiger partial charge in [-0.25, -0.2) is 4.68 Å². The summed E-state index contributed by atoms with van der Waals surface area (Å²) in [7, 11) is 0. The van der Waals surface area contributed by atoms with E-state index in [2.05, 4.69) is 43.0 Å². The summed E-state index contributed by atoms with van der Waals surface area (Å²) in [5.74, 6) is 0.786. The van der Waals surface area contributed by atoms with Gasteiger partial charge < -0.3 is 4.74 Å². The van der Waals surface area contributed by atoms with Crippen LogP contribution in [0.3, 0.4) is 0 Å². The summed E-state index contributed by atoms with van der Waals surface area (Å²) in [6, 6.07) is 6.12. The summed E-state index contributed by atoms with van der Waals surface area (Å²) >= 11 is 6.97. The largest absolute Gasteiger partial charge is 0.488 e. The van der Waals surface area contributed by atoms with Crippen LogP contribution in [-0.2, 0) is 5.33 Å². The highest BCUT2D eigenvalue weighted by Crippen LogP contribution is 2.23. The minimum atomic E-state index is 0.156. The quantitative estimate of drug-likeness (QED) is 0.746. The van der Waals surface area contributed by atoms with Gasteiger partial charge in [-0.2, -0.15) is 5.10 Å². The normalized spacial score (nSPS) is 10.9. The second kappa shape index (κ2) is 5.89. The van der Waals surface area contributed by atoms with E-state index in [1.807, 2.05) is 36.9 Å². The maximum absolute atomic E-state index is 5.61. The molecule has 0 fully saturated rings. The molecule has 2 rings (SSSR count). The van der Waals surface area contributed by atoms with Crippen molar-refractivity contribution in [2.75, 3.05) is 0 Å². The lowest BCUT2D eigenvalue weighted by Gasteiger charge is -2.08. The van der Waals surface area contributed by atoms with Gasteiger partial charge in [0.15, 0.2) is 5.75 Å². The Balaban J connectivity index is 2.33. The fourth-order valence-electron chi connectivity index (χ4n) is 1.66. The summed E-state index contributed by atoms with van der Waals surface area (Å²) in [6.07, 6.45) is 3.79. The molecule has 1 heterocycles. The third-order valence-corrected chi connectivity index (χ3v) is 3.46. The van der Waals surface area contributed by atoms with Gasteiger partial charge in [0.2, 0.25) is 0 Å². The third kappa shape index (κ3) is 3.14. The molecule has 3 nitrogen and oxygen atoms in total. The maximum Gasteiger partial charge on any atom is 0.158 e. The summed E-state index contributed by atoms with van der Waals surface area (Å²) in [5.41, 5.74) is 2.22. The Morgan fingerprint density at radius 1 is 1.39 bits per heavy atom. The highest BCUT2D eigenvalue weighted by atomic mass is 79.9. The van der Waals surface area contributed by atoms with Crippen LogP contribution >= 0.6 is 31.9 Å². The number of aromatic nitrogens is 2. The van der Waals surface area contributed by atoms with Gasteiger partial charge in [0, 0.05) is 9.80 Å². The van der Waals surface area contributed by atoms with Gasteiger partial charge in [-0.15, -0.1) is 0 Å². The Kier molecular flexibility index (Phi) is 4.45. The van der Waals surface area contributed by atoms with Gasteiger partial charge in [0.05, 0.1) is 24.2 Å². The number of halogens is 2. The van der Waals surface area contributed by atoms with Gasteiger partial charge in [-0.05, 0) is 37.6 Å². The molecule has 1 aromatic carbocycles. The van der Waals surface area contributed by atoms with Crippen LogP contribution in [-0.4, -0.2) is 15.9 Å². The summed E-state index contributed by atoms with van der Waals surface area (Å²) in [6.45, 7) is 4.00. The Labute approximate surface area is 123 Å². The maximum atomic E-state index is 5.61. The predicted molar refractivity (Wildman–Crippen MR) is 79.7 cm³/mol. The van der Waals surface area contributed by atoms with E-state index in [9.17, 15) is 0 Å². The molecule has 0 N–H and O–H groups in total. The molecule has 18 heavy (non-hydrogen) atoms. The summed E-state index contributed by atoms with van der Waals surface area (Å²) in [5, 5.41) is 5.11. The van der Waals surface area contributed by atoms with E-state index in [-0.39, 0.29) is 6.10 Å². The fraction of sp³-hybridized carbons (Fsp3) is 0.308. The summed E-state index contributed by atoms with van der Waals surface area (Å²) in [4.78, 5) is 0. The van der Waals surface area contributed by atoms with Gasteiger partial charge in [0.25, 0.3) is 0 Å². The van der Waals surface area contributed by atoms with E-state index < -0.39 is 0 Å². The number of hydrogen-bond donors (Lipinski definition) is 0. The van der Waals surface area contributed by atoms with Crippen molar-refractivity contribution in [3.8, 4) is 11.4 Å². The highest BCUT2D eigenvalue weighted by molar-refractivity contribution is 9.10. The molecular formula is C13H14Br2N2O. The Morgan fingerprint density at radius 2 is 2.17 bits per heavy atom. The fourth-order valence-corrected chi connectivity index (χ4v) is 2.51. The van der Waals surface area contributed by atoms with E-state index in [0.29, 0.717) is 0 Å². The van der Waals surface area contributed by atoms with Gasteiger partial charge in [-0.1, -0.05) is 31.9 Å². The van der Waals surface area contributed by atoms with E-state index >= 15 is 0 Å². The molecule has 1 aromatic heterocycles. The van der Waals surface area contributed by atoms with Gasteiger partial charge in [0.1, 0.15) is 0 Å². The number of rotatable bonds is 4. The average Bonchev–Trinajstić information content (AvgIpc) is 2.76. The number of alkyl halides is 1. The number of hydrogen-bond acceptors (Lipinski definition) is 2. The lowest BCUT2D eigenvalue weighted by molar-refractivity contribution is 0.242. The molecule has 0 saturated heterocycles. The molecule has 0 unspecified atom stereocenters. The van der Waals surface area contributed by atoms with Crippen LogP contribution in [0.1, 0.15) is 19.4 Å². The molecule has 0 bridgehead atoms. The van der Waals surface area contributed by atoms with Crippen molar-refractivity contribution in [3.63, 3.8) is 0 Å².